The zero-order valence-electron chi connectivity index (χ0n) is 9.65. The quantitative estimate of drug-likeness (QED) is 0.666. The standard InChI is InChI=1S/C12H10F5NO/c13-7-1-2-8(9(14)5-7)10(19)11(12(15,16)17)3-4-18-6-11/h1-2,5,18H,3-4,6H2. The Morgan fingerprint density at radius 1 is 1.26 bits per heavy atom. The molecule has 7 heteroatoms. The average molecular weight is 279 g/mol. The Hall–Kier alpha value is -1.50. The number of ketones is 1. The van der Waals surface area contributed by atoms with Crippen molar-refractivity contribution in [1.29, 1.82) is 0 Å². The second-order valence-electron chi connectivity index (χ2n) is 4.46. The van der Waals surface area contributed by atoms with Crippen LogP contribution in [0.1, 0.15) is 16.8 Å². The van der Waals surface area contributed by atoms with E-state index < -0.39 is 47.5 Å². The molecule has 0 bridgehead atoms. The first kappa shape index (κ1) is 13.9. The van der Waals surface area contributed by atoms with Crippen molar-refractivity contribution in [3.63, 3.8) is 0 Å². The number of carbonyl (C=O) groups excluding carboxylic acids is 1. The lowest BCUT2D eigenvalue weighted by molar-refractivity contribution is -0.197. The highest BCUT2D eigenvalue weighted by atomic mass is 19.4. The van der Waals surface area contributed by atoms with E-state index in [0.29, 0.717) is 6.07 Å². The second kappa shape index (κ2) is 4.56. The summed E-state index contributed by atoms with van der Waals surface area (Å²) < 4.78 is 65.5. The highest BCUT2D eigenvalue weighted by Gasteiger charge is 2.61. The normalized spacial score (nSPS) is 23.6. The molecule has 1 saturated heterocycles. The molecule has 1 fully saturated rings. The predicted molar refractivity (Wildman–Crippen MR) is 56.7 cm³/mol. The zero-order chi connectivity index (χ0) is 14.3. The van der Waals surface area contributed by atoms with E-state index in [0.717, 1.165) is 12.1 Å². The van der Waals surface area contributed by atoms with Crippen molar-refractivity contribution in [3.05, 3.63) is 35.4 Å². The molecule has 1 unspecified atom stereocenters. The van der Waals surface area contributed by atoms with E-state index in [1.54, 1.807) is 0 Å². The molecule has 1 N–H and O–H groups in total. The van der Waals surface area contributed by atoms with E-state index in [4.69, 9.17) is 0 Å². The van der Waals surface area contributed by atoms with Gasteiger partial charge in [0, 0.05) is 12.6 Å². The molecule has 0 amide bonds. The zero-order valence-corrected chi connectivity index (χ0v) is 9.65. The number of benzene rings is 1. The third-order valence-electron chi connectivity index (χ3n) is 3.31. The number of rotatable bonds is 2. The molecular formula is C12H10F5NO. The summed E-state index contributed by atoms with van der Waals surface area (Å²) in [6.45, 7) is -0.569. The first-order valence-corrected chi connectivity index (χ1v) is 5.55. The topological polar surface area (TPSA) is 29.1 Å². The molecule has 1 heterocycles. The molecule has 1 aliphatic heterocycles. The highest BCUT2D eigenvalue weighted by molar-refractivity contribution is 6.01. The number of hydrogen-bond donors (Lipinski definition) is 1. The van der Waals surface area contributed by atoms with Crippen molar-refractivity contribution < 1.29 is 26.7 Å². The van der Waals surface area contributed by atoms with Crippen LogP contribution in [0.2, 0.25) is 0 Å². The Morgan fingerprint density at radius 2 is 1.95 bits per heavy atom. The van der Waals surface area contributed by atoms with Crippen LogP contribution in [0.5, 0.6) is 0 Å². The van der Waals surface area contributed by atoms with Crippen LogP contribution in [0.4, 0.5) is 22.0 Å². The third-order valence-corrected chi connectivity index (χ3v) is 3.31. The van der Waals surface area contributed by atoms with Crippen LogP contribution in [0, 0.1) is 17.0 Å². The fourth-order valence-electron chi connectivity index (χ4n) is 2.19. The van der Waals surface area contributed by atoms with Gasteiger partial charge in [0.15, 0.2) is 5.78 Å². The summed E-state index contributed by atoms with van der Waals surface area (Å²) >= 11 is 0. The largest absolute Gasteiger partial charge is 0.402 e. The van der Waals surface area contributed by atoms with Gasteiger partial charge in [0.2, 0.25) is 0 Å². The lowest BCUT2D eigenvalue weighted by Gasteiger charge is -2.29. The molecule has 1 atom stereocenters. The van der Waals surface area contributed by atoms with Crippen LogP contribution in [0.25, 0.3) is 0 Å². The van der Waals surface area contributed by atoms with Crippen molar-refractivity contribution in [2.24, 2.45) is 5.41 Å². The van der Waals surface area contributed by atoms with Gasteiger partial charge in [-0.05, 0) is 25.1 Å². The van der Waals surface area contributed by atoms with Crippen molar-refractivity contribution in [2.75, 3.05) is 13.1 Å². The molecule has 0 spiro atoms. The number of hydrogen-bond acceptors (Lipinski definition) is 2. The fraction of sp³-hybridized carbons (Fsp3) is 0.417. The molecular weight excluding hydrogens is 269 g/mol. The van der Waals surface area contributed by atoms with Crippen molar-refractivity contribution in [1.82, 2.24) is 5.32 Å². The molecule has 0 saturated carbocycles. The smallest absolute Gasteiger partial charge is 0.315 e. The van der Waals surface area contributed by atoms with E-state index in [1.807, 2.05) is 0 Å². The third kappa shape index (κ3) is 2.22. The van der Waals surface area contributed by atoms with Gasteiger partial charge in [0.05, 0.1) is 5.56 Å². The van der Waals surface area contributed by atoms with Crippen LogP contribution < -0.4 is 5.32 Å². The Kier molecular flexibility index (Phi) is 3.34. The van der Waals surface area contributed by atoms with Gasteiger partial charge in [-0.15, -0.1) is 0 Å². The summed E-state index contributed by atoms with van der Waals surface area (Å²) in [4.78, 5) is 12.0. The first-order chi connectivity index (χ1) is 8.78. The SMILES string of the molecule is O=C(c1ccc(F)cc1F)C1(C(F)(F)F)CCNC1. The van der Waals surface area contributed by atoms with Gasteiger partial charge in [-0.25, -0.2) is 8.78 Å². The van der Waals surface area contributed by atoms with Gasteiger partial charge in [-0.2, -0.15) is 13.2 Å². The lowest BCUT2D eigenvalue weighted by Crippen LogP contribution is -2.47. The maximum Gasteiger partial charge on any atom is 0.402 e. The summed E-state index contributed by atoms with van der Waals surface area (Å²) in [5.74, 6) is -3.58. The minimum Gasteiger partial charge on any atom is -0.315 e. The van der Waals surface area contributed by atoms with Crippen molar-refractivity contribution >= 4 is 5.78 Å². The lowest BCUT2D eigenvalue weighted by atomic mass is 9.78. The van der Waals surface area contributed by atoms with Gasteiger partial charge in [-0.1, -0.05) is 0 Å². The predicted octanol–water partition coefficient (Wildman–Crippen LogP) is 2.69. The summed E-state index contributed by atoms with van der Waals surface area (Å²) in [7, 11) is 0. The van der Waals surface area contributed by atoms with E-state index in [9.17, 15) is 26.7 Å². The van der Waals surface area contributed by atoms with Gasteiger partial charge < -0.3 is 5.32 Å². The van der Waals surface area contributed by atoms with Gasteiger partial charge in [0.1, 0.15) is 17.0 Å². The van der Waals surface area contributed by atoms with Crippen molar-refractivity contribution in [2.45, 2.75) is 12.6 Å². The first-order valence-electron chi connectivity index (χ1n) is 5.55. The molecule has 1 aromatic carbocycles. The Morgan fingerprint density at radius 3 is 2.42 bits per heavy atom. The molecule has 0 radical (unpaired) electrons. The molecule has 19 heavy (non-hydrogen) atoms. The van der Waals surface area contributed by atoms with Crippen LogP contribution in [-0.2, 0) is 0 Å². The van der Waals surface area contributed by atoms with E-state index in [-0.39, 0.29) is 6.54 Å². The van der Waals surface area contributed by atoms with E-state index in [2.05, 4.69) is 5.32 Å². The van der Waals surface area contributed by atoms with Gasteiger partial charge in [0.25, 0.3) is 0 Å². The molecule has 0 aromatic heterocycles. The Bertz CT molecular complexity index is 505. The minimum atomic E-state index is -4.78. The number of Topliss-reactive ketones (excluding diaryl/α,β-unsaturated/α-hetero) is 1. The second-order valence-corrected chi connectivity index (χ2v) is 4.46. The van der Waals surface area contributed by atoms with E-state index in [1.165, 1.54) is 0 Å². The average Bonchev–Trinajstić information content (AvgIpc) is 2.77. The fourth-order valence-corrected chi connectivity index (χ4v) is 2.19. The number of carbonyl (C=O) groups is 1. The molecule has 1 aromatic rings. The maximum absolute atomic E-state index is 13.5. The van der Waals surface area contributed by atoms with Crippen LogP contribution in [0.15, 0.2) is 18.2 Å². The molecule has 1 aliphatic rings. The summed E-state index contributed by atoms with van der Waals surface area (Å²) in [5, 5.41) is 2.46. The monoisotopic (exact) mass is 279 g/mol. The summed E-state index contributed by atoms with van der Waals surface area (Å²) in [5.41, 5.74) is -3.37. The molecule has 2 rings (SSSR count). The molecule has 104 valence electrons. The van der Waals surface area contributed by atoms with Crippen LogP contribution in [0.3, 0.4) is 0 Å². The molecule has 2 nitrogen and oxygen atoms in total. The van der Waals surface area contributed by atoms with E-state index >= 15 is 0 Å². The van der Waals surface area contributed by atoms with Gasteiger partial charge in [-0.3, -0.25) is 4.79 Å². The van der Waals surface area contributed by atoms with Gasteiger partial charge >= 0.3 is 6.18 Å². The maximum atomic E-state index is 13.5. The summed E-state index contributed by atoms with van der Waals surface area (Å²) in [6, 6.07) is 1.92. The highest BCUT2D eigenvalue weighted by Crippen LogP contribution is 2.45. The number of nitrogens with one attached hydrogen (secondary N) is 1. The Labute approximate surface area is 105 Å². The van der Waals surface area contributed by atoms with Crippen molar-refractivity contribution in [3.8, 4) is 0 Å². The number of alkyl halides is 3. The number of halogens is 5. The van der Waals surface area contributed by atoms with Crippen LogP contribution in [-0.4, -0.2) is 25.0 Å². The van der Waals surface area contributed by atoms with Crippen LogP contribution >= 0.6 is 0 Å². The minimum absolute atomic E-state index is 0.0219. The Balaban J connectivity index is 2.46. The molecule has 0 aliphatic carbocycles. The summed E-state index contributed by atoms with van der Waals surface area (Å²) in [6.07, 6.45) is -5.24.